The van der Waals surface area contributed by atoms with E-state index >= 15 is 0 Å². The molecule has 1 aliphatic rings. The third kappa shape index (κ3) is 1.74. The molecule has 5 heteroatoms. The van der Waals surface area contributed by atoms with Crippen LogP contribution in [-0.4, -0.2) is 11.8 Å². The summed E-state index contributed by atoms with van der Waals surface area (Å²) in [7, 11) is 0. The molecule has 0 radical (unpaired) electrons. The molecule has 0 saturated heterocycles. The lowest BCUT2D eigenvalue weighted by atomic mass is 10.1. The Labute approximate surface area is 118 Å². The van der Waals surface area contributed by atoms with Crippen molar-refractivity contribution in [2.24, 2.45) is 0 Å². The van der Waals surface area contributed by atoms with Crippen LogP contribution in [0, 0.1) is 0 Å². The van der Waals surface area contributed by atoms with Gasteiger partial charge in [0.1, 0.15) is 0 Å². The van der Waals surface area contributed by atoms with Gasteiger partial charge in [-0.15, -0.1) is 0 Å². The molecular formula is C14H9BrN2O2. The number of hydrogen-bond acceptors (Lipinski definition) is 3. The molecular weight excluding hydrogens is 308 g/mol. The molecule has 0 aliphatic carbocycles. The van der Waals surface area contributed by atoms with Crippen molar-refractivity contribution < 1.29 is 9.59 Å². The lowest BCUT2D eigenvalue weighted by molar-refractivity contribution is 0.0926. The maximum absolute atomic E-state index is 12.4. The number of nitrogens with zero attached hydrogens (tertiary/aromatic N) is 1. The molecule has 0 saturated carbocycles. The first-order valence-electron chi connectivity index (χ1n) is 5.62. The van der Waals surface area contributed by atoms with Gasteiger partial charge in [0, 0.05) is 10.2 Å². The molecule has 3 rings (SSSR count). The zero-order chi connectivity index (χ0) is 13.6. The van der Waals surface area contributed by atoms with Gasteiger partial charge in [-0.2, -0.15) is 0 Å². The number of nitrogens with two attached hydrogens (primary N) is 1. The van der Waals surface area contributed by atoms with Crippen LogP contribution in [0.3, 0.4) is 0 Å². The standard InChI is InChI=1S/C14H9BrN2O2/c15-11-6-2-5-10-12(11)14(19)17(13(10)18)9-4-1-3-8(16)7-9/h1-7H,16H2. The van der Waals surface area contributed by atoms with Gasteiger partial charge in [0.15, 0.2) is 0 Å². The van der Waals surface area contributed by atoms with Gasteiger partial charge in [0.25, 0.3) is 11.8 Å². The summed E-state index contributed by atoms with van der Waals surface area (Å²) in [4.78, 5) is 25.8. The molecule has 2 N–H and O–H groups in total. The Morgan fingerprint density at radius 1 is 1.00 bits per heavy atom. The monoisotopic (exact) mass is 316 g/mol. The van der Waals surface area contributed by atoms with Crippen LogP contribution in [0.15, 0.2) is 46.9 Å². The molecule has 4 nitrogen and oxygen atoms in total. The smallest absolute Gasteiger partial charge is 0.267 e. The minimum absolute atomic E-state index is 0.327. The van der Waals surface area contributed by atoms with E-state index < -0.39 is 0 Å². The molecule has 94 valence electrons. The highest BCUT2D eigenvalue weighted by Gasteiger charge is 2.37. The third-order valence-electron chi connectivity index (χ3n) is 2.99. The summed E-state index contributed by atoms with van der Waals surface area (Å²) in [5, 5.41) is 0. The maximum atomic E-state index is 12.4. The third-order valence-corrected chi connectivity index (χ3v) is 3.65. The summed E-state index contributed by atoms with van der Waals surface area (Å²) in [5.74, 6) is -0.662. The van der Waals surface area contributed by atoms with Crippen LogP contribution in [0.25, 0.3) is 0 Å². The van der Waals surface area contributed by atoms with Gasteiger partial charge in [0.2, 0.25) is 0 Å². The van der Waals surface area contributed by atoms with Gasteiger partial charge in [-0.05, 0) is 46.3 Å². The van der Waals surface area contributed by atoms with Gasteiger partial charge in [-0.25, -0.2) is 4.90 Å². The van der Waals surface area contributed by atoms with Crippen molar-refractivity contribution in [1.82, 2.24) is 0 Å². The molecule has 0 fully saturated rings. The van der Waals surface area contributed by atoms with Gasteiger partial charge in [-0.3, -0.25) is 9.59 Å². The molecule has 2 amide bonds. The number of nitrogen functional groups attached to an aromatic ring is 1. The maximum Gasteiger partial charge on any atom is 0.267 e. The molecule has 19 heavy (non-hydrogen) atoms. The minimum atomic E-state index is -0.335. The normalized spacial score (nSPS) is 13.8. The molecule has 0 spiro atoms. The Hall–Kier alpha value is -2.14. The number of halogens is 1. The second-order valence-corrected chi connectivity index (χ2v) is 5.06. The zero-order valence-corrected chi connectivity index (χ0v) is 11.3. The average molecular weight is 317 g/mol. The van der Waals surface area contributed by atoms with Crippen molar-refractivity contribution in [2.75, 3.05) is 10.6 Å². The summed E-state index contributed by atoms with van der Waals surface area (Å²) in [5.41, 5.74) is 7.49. The van der Waals surface area contributed by atoms with Crippen molar-refractivity contribution in [3.05, 3.63) is 58.1 Å². The minimum Gasteiger partial charge on any atom is -0.399 e. The van der Waals surface area contributed by atoms with E-state index in [2.05, 4.69) is 15.9 Å². The fourth-order valence-corrected chi connectivity index (χ4v) is 2.68. The Morgan fingerprint density at radius 2 is 1.74 bits per heavy atom. The van der Waals surface area contributed by atoms with Crippen LogP contribution in [0.2, 0.25) is 0 Å². The molecule has 1 aliphatic heterocycles. The van der Waals surface area contributed by atoms with Crippen LogP contribution >= 0.6 is 15.9 Å². The topological polar surface area (TPSA) is 63.4 Å². The highest BCUT2D eigenvalue weighted by Crippen LogP contribution is 2.33. The number of fused-ring (bicyclic) bond motifs is 1. The first kappa shape index (κ1) is 11.9. The number of benzene rings is 2. The fraction of sp³-hybridized carbons (Fsp3) is 0. The molecule has 0 unspecified atom stereocenters. The Balaban J connectivity index is 2.16. The number of amides is 2. The fourth-order valence-electron chi connectivity index (χ4n) is 2.14. The van der Waals surface area contributed by atoms with E-state index in [1.165, 1.54) is 0 Å². The second kappa shape index (κ2) is 4.20. The van der Waals surface area contributed by atoms with Crippen LogP contribution < -0.4 is 10.6 Å². The van der Waals surface area contributed by atoms with Crippen LogP contribution in [-0.2, 0) is 0 Å². The molecule has 0 bridgehead atoms. The largest absolute Gasteiger partial charge is 0.399 e. The highest BCUT2D eigenvalue weighted by molar-refractivity contribution is 9.10. The van der Waals surface area contributed by atoms with E-state index in [9.17, 15) is 9.59 Å². The first-order valence-corrected chi connectivity index (χ1v) is 6.42. The number of rotatable bonds is 1. The van der Waals surface area contributed by atoms with E-state index in [1.807, 2.05) is 0 Å². The van der Waals surface area contributed by atoms with Crippen LogP contribution in [0.4, 0.5) is 11.4 Å². The number of carbonyl (C=O) groups is 2. The highest BCUT2D eigenvalue weighted by atomic mass is 79.9. The van der Waals surface area contributed by atoms with Gasteiger partial charge >= 0.3 is 0 Å². The van der Waals surface area contributed by atoms with Crippen LogP contribution in [0.1, 0.15) is 20.7 Å². The molecule has 1 heterocycles. The predicted molar refractivity (Wildman–Crippen MR) is 76.1 cm³/mol. The number of anilines is 2. The summed E-state index contributed by atoms with van der Waals surface area (Å²) in [6.45, 7) is 0. The molecule has 0 atom stereocenters. The van der Waals surface area contributed by atoms with Crippen molar-refractivity contribution >= 4 is 39.1 Å². The Morgan fingerprint density at radius 3 is 2.42 bits per heavy atom. The molecule has 0 aromatic heterocycles. The van der Waals surface area contributed by atoms with Crippen LogP contribution in [0.5, 0.6) is 0 Å². The van der Waals surface area contributed by atoms with Crippen molar-refractivity contribution in [2.45, 2.75) is 0 Å². The van der Waals surface area contributed by atoms with E-state index in [-0.39, 0.29) is 11.8 Å². The van der Waals surface area contributed by atoms with Crippen molar-refractivity contribution in [1.29, 1.82) is 0 Å². The lowest BCUT2D eigenvalue weighted by Crippen LogP contribution is -2.29. The predicted octanol–water partition coefficient (Wildman–Crippen LogP) is 2.83. The molecule has 2 aromatic rings. The van der Waals surface area contributed by atoms with Crippen molar-refractivity contribution in [3.63, 3.8) is 0 Å². The van der Waals surface area contributed by atoms with E-state index in [4.69, 9.17) is 5.73 Å². The Bertz CT molecular complexity index is 712. The average Bonchev–Trinajstić information content (AvgIpc) is 2.63. The number of carbonyl (C=O) groups excluding carboxylic acids is 2. The summed E-state index contributed by atoms with van der Waals surface area (Å²) in [6, 6.07) is 11.8. The van der Waals surface area contributed by atoms with E-state index in [0.29, 0.717) is 27.0 Å². The van der Waals surface area contributed by atoms with E-state index in [0.717, 1.165) is 4.90 Å². The quantitative estimate of drug-likeness (QED) is 0.650. The van der Waals surface area contributed by atoms with Crippen molar-refractivity contribution in [3.8, 4) is 0 Å². The van der Waals surface area contributed by atoms with E-state index in [1.54, 1.807) is 42.5 Å². The van der Waals surface area contributed by atoms with Gasteiger partial charge in [-0.1, -0.05) is 12.1 Å². The van der Waals surface area contributed by atoms with Gasteiger partial charge in [0.05, 0.1) is 16.8 Å². The first-order chi connectivity index (χ1) is 9.09. The Kier molecular flexibility index (Phi) is 2.64. The summed E-state index contributed by atoms with van der Waals surface area (Å²) < 4.78 is 0.620. The summed E-state index contributed by atoms with van der Waals surface area (Å²) >= 11 is 3.31. The van der Waals surface area contributed by atoms with Gasteiger partial charge < -0.3 is 5.73 Å². The number of imide groups is 1. The zero-order valence-electron chi connectivity index (χ0n) is 9.76. The number of hydrogen-bond donors (Lipinski definition) is 1. The SMILES string of the molecule is Nc1cccc(N2C(=O)c3cccc(Br)c3C2=O)c1. The molecule has 2 aromatic carbocycles. The lowest BCUT2D eigenvalue weighted by Gasteiger charge is -2.14. The summed E-state index contributed by atoms with van der Waals surface area (Å²) in [6.07, 6.45) is 0. The second-order valence-electron chi connectivity index (χ2n) is 4.20.